The van der Waals surface area contributed by atoms with Crippen molar-refractivity contribution in [2.75, 3.05) is 11.9 Å². The molecular formula is C20H21ClN2O5. The molecule has 3 N–H and O–H groups in total. The van der Waals surface area contributed by atoms with Crippen molar-refractivity contribution in [2.24, 2.45) is 0 Å². The number of carboxylic acid groups (broad SMARTS) is 2. The maximum absolute atomic E-state index is 12.9. The maximum atomic E-state index is 12.9. The van der Waals surface area contributed by atoms with Gasteiger partial charge in [0.25, 0.3) is 0 Å². The fourth-order valence-corrected chi connectivity index (χ4v) is 3.15. The van der Waals surface area contributed by atoms with E-state index in [1.54, 1.807) is 11.0 Å². The van der Waals surface area contributed by atoms with Gasteiger partial charge in [0.05, 0.1) is 12.0 Å². The van der Waals surface area contributed by atoms with Gasteiger partial charge >= 0.3 is 11.9 Å². The smallest absolute Gasteiger partial charge is 0.335 e. The van der Waals surface area contributed by atoms with E-state index in [1.807, 2.05) is 30.3 Å². The Bertz CT molecular complexity index is 872. The van der Waals surface area contributed by atoms with Crippen LogP contribution in [-0.2, 0) is 22.6 Å². The number of fused-ring (bicyclic) bond motifs is 1. The van der Waals surface area contributed by atoms with E-state index in [1.165, 1.54) is 12.1 Å². The molecule has 0 radical (unpaired) electrons. The summed E-state index contributed by atoms with van der Waals surface area (Å²) in [6.07, 6.45) is 0.270. The molecule has 0 bridgehead atoms. The van der Waals surface area contributed by atoms with Crippen LogP contribution in [0.5, 0.6) is 0 Å². The van der Waals surface area contributed by atoms with Gasteiger partial charge < -0.3 is 20.4 Å². The summed E-state index contributed by atoms with van der Waals surface area (Å²) in [4.78, 5) is 36.9. The number of benzene rings is 2. The number of nitrogens with one attached hydrogen (secondary N) is 1. The molecule has 0 spiro atoms. The van der Waals surface area contributed by atoms with Crippen LogP contribution in [0.2, 0.25) is 0 Å². The minimum Gasteiger partial charge on any atom is -0.481 e. The summed E-state index contributed by atoms with van der Waals surface area (Å²) in [7, 11) is 0. The number of rotatable bonds is 6. The molecule has 0 fully saturated rings. The zero-order chi connectivity index (χ0) is 19.4. The van der Waals surface area contributed by atoms with Crippen molar-refractivity contribution in [3.8, 4) is 0 Å². The Labute approximate surface area is 168 Å². The molecule has 2 aromatic carbocycles. The summed E-state index contributed by atoms with van der Waals surface area (Å²) in [5, 5.41) is 21.3. The van der Waals surface area contributed by atoms with E-state index >= 15 is 0 Å². The van der Waals surface area contributed by atoms with Gasteiger partial charge in [0.15, 0.2) is 0 Å². The molecule has 0 aliphatic carbocycles. The summed E-state index contributed by atoms with van der Waals surface area (Å²) in [6, 6.07) is 13.4. The van der Waals surface area contributed by atoms with Gasteiger partial charge in [-0.05, 0) is 29.7 Å². The molecular weight excluding hydrogens is 384 g/mol. The predicted octanol–water partition coefficient (Wildman–Crippen LogP) is 2.65. The maximum Gasteiger partial charge on any atom is 0.335 e. The third kappa shape index (κ3) is 5.01. The van der Waals surface area contributed by atoms with Crippen LogP contribution in [0.15, 0.2) is 48.5 Å². The van der Waals surface area contributed by atoms with Crippen LogP contribution in [0.1, 0.15) is 27.9 Å². The molecule has 8 heteroatoms. The normalized spacial score (nSPS) is 15.6. The van der Waals surface area contributed by atoms with Crippen molar-refractivity contribution in [3.63, 3.8) is 0 Å². The van der Waals surface area contributed by atoms with Crippen LogP contribution in [0.25, 0.3) is 0 Å². The Morgan fingerprint density at radius 1 is 1.11 bits per heavy atom. The zero-order valence-corrected chi connectivity index (χ0v) is 15.8. The molecule has 1 aliphatic rings. The lowest BCUT2D eigenvalue weighted by molar-refractivity contribution is -0.141. The van der Waals surface area contributed by atoms with Crippen molar-refractivity contribution in [3.05, 3.63) is 65.2 Å². The molecule has 1 amide bonds. The number of hydrogen-bond donors (Lipinski definition) is 3. The molecule has 1 heterocycles. The molecule has 28 heavy (non-hydrogen) atoms. The average Bonchev–Trinajstić information content (AvgIpc) is 2.77. The molecule has 3 rings (SSSR count). The summed E-state index contributed by atoms with van der Waals surface area (Å²) in [5.74, 6) is -2.48. The third-order valence-corrected chi connectivity index (χ3v) is 4.55. The lowest BCUT2D eigenvalue weighted by Crippen LogP contribution is -2.42. The van der Waals surface area contributed by atoms with E-state index in [9.17, 15) is 19.5 Å². The van der Waals surface area contributed by atoms with Gasteiger partial charge in [-0.25, -0.2) is 4.79 Å². The van der Waals surface area contributed by atoms with Gasteiger partial charge in [-0.3, -0.25) is 9.59 Å². The molecule has 0 saturated heterocycles. The van der Waals surface area contributed by atoms with Gasteiger partial charge in [0.1, 0.15) is 6.04 Å². The average molecular weight is 405 g/mol. The van der Waals surface area contributed by atoms with E-state index in [0.717, 1.165) is 11.1 Å². The van der Waals surface area contributed by atoms with E-state index in [0.29, 0.717) is 25.2 Å². The van der Waals surface area contributed by atoms with Crippen LogP contribution in [0.3, 0.4) is 0 Å². The van der Waals surface area contributed by atoms with Crippen molar-refractivity contribution in [2.45, 2.75) is 25.4 Å². The fourth-order valence-electron chi connectivity index (χ4n) is 3.15. The van der Waals surface area contributed by atoms with E-state index < -0.39 is 18.0 Å². The van der Waals surface area contributed by atoms with Crippen molar-refractivity contribution < 1.29 is 24.6 Å². The highest BCUT2D eigenvalue weighted by Gasteiger charge is 2.31. The molecule has 0 unspecified atom stereocenters. The third-order valence-electron chi connectivity index (χ3n) is 4.55. The highest BCUT2D eigenvalue weighted by Crippen LogP contribution is 2.26. The molecule has 148 valence electrons. The Kier molecular flexibility index (Phi) is 7.00. The Morgan fingerprint density at radius 3 is 2.46 bits per heavy atom. The Hall–Kier alpha value is -3.06. The second kappa shape index (κ2) is 9.23. The number of carbonyl (C=O) groups is 3. The molecule has 1 aliphatic heterocycles. The first kappa shape index (κ1) is 21.2. The van der Waals surface area contributed by atoms with Gasteiger partial charge in [-0.1, -0.05) is 36.4 Å². The standard InChI is InChI=1S/C20H20N2O5.ClH/c23-18(24)11-17-19(25)22(9-8-13-4-2-1-3-5-13)12-15-7-6-14(20(26)27)10-16(15)21-17;/h1-7,10,17,21H,8-9,11-12H2,(H,23,24)(H,26,27);1H/t17-;/m1./s1. The zero-order valence-electron chi connectivity index (χ0n) is 15.0. The van der Waals surface area contributed by atoms with E-state index in [-0.39, 0.29) is 30.3 Å². The lowest BCUT2D eigenvalue weighted by Gasteiger charge is -2.24. The number of carbonyl (C=O) groups excluding carboxylic acids is 1. The van der Waals surface area contributed by atoms with Crippen molar-refractivity contribution in [1.29, 1.82) is 0 Å². The van der Waals surface area contributed by atoms with Gasteiger partial charge in [-0.2, -0.15) is 0 Å². The Morgan fingerprint density at radius 2 is 1.82 bits per heavy atom. The van der Waals surface area contributed by atoms with E-state index in [4.69, 9.17) is 5.11 Å². The first-order valence-electron chi connectivity index (χ1n) is 8.61. The second-order valence-electron chi connectivity index (χ2n) is 6.47. The van der Waals surface area contributed by atoms with Crippen LogP contribution >= 0.6 is 12.4 Å². The van der Waals surface area contributed by atoms with Gasteiger partial charge in [0.2, 0.25) is 5.91 Å². The monoisotopic (exact) mass is 404 g/mol. The number of amides is 1. The summed E-state index contributed by atoms with van der Waals surface area (Å²) >= 11 is 0. The largest absolute Gasteiger partial charge is 0.481 e. The fraction of sp³-hybridized carbons (Fsp3) is 0.250. The van der Waals surface area contributed by atoms with E-state index in [2.05, 4.69) is 5.32 Å². The predicted molar refractivity (Wildman–Crippen MR) is 106 cm³/mol. The second-order valence-corrected chi connectivity index (χ2v) is 6.47. The van der Waals surface area contributed by atoms with Crippen molar-refractivity contribution >= 4 is 35.9 Å². The molecule has 0 aromatic heterocycles. The van der Waals surface area contributed by atoms with Gasteiger partial charge in [0, 0.05) is 18.8 Å². The molecule has 1 atom stereocenters. The minimum absolute atomic E-state index is 0. The van der Waals surface area contributed by atoms with Crippen LogP contribution in [0.4, 0.5) is 5.69 Å². The van der Waals surface area contributed by atoms with Crippen LogP contribution < -0.4 is 5.32 Å². The number of nitrogens with zero attached hydrogens (tertiary/aromatic N) is 1. The highest BCUT2D eigenvalue weighted by molar-refractivity contribution is 5.92. The minimum atomic E-state index is -1.10. The number of aliphatic carboxylic acids is 1. The van der Waals surface area contributed by atoms with Crippen LogP contribution in [0, 0.1) is 0 Å². The number of anilines is 1. The van der Waals surface area contributed by atoms with Crippen molar-refractivity contribution in [1.82, 2.24) is 4.90 Å². The topological polar surface area (TPSA) is 107 Å². The first-order valence-corrected chi connectivity index (χ1v) is 8.61. The number of carboxylic acids is 2. The summed E-state index contributed by atoms with van der Waals surface area (Å²) in [5.41, 5.74) is 2.41. The first-order chi connectivity index (χ1) is 12.9. The molecule has 2 aromatic rings. The quantitative estimate of drug-likeness (QED) is 0.683. The Balaban J connectivity index is 0.00000280. The summed E-state index contributed by atoms with van der Waals surface area (Å²) in [6.45, 7) is 0.741. The number of aromatic carboxylic acids is 1. The lowest BCUT2D eigenvalue weighted by atomic mass is 10.1. The van der Waals surface area contributed by atoms with Gasteiger partial charge in [-0.15, -0.1) is 12.4 Å². The molecule has 7 nitrogen and oxygen atoms in total. The SMILES string of the molecule is Cl.O=C(O)C[C@H]1Nc2cc(C(=O)O)ccc2CN(CCc2ccccc2)C1=O. The summed E-state index contributed by atoms with van der Waals surface area (Å²) < 4.78 is 0. The number of halogens is 1. The molecule has 0 saturated carbocycles. The highest BCUT2D eigenvalue weighted by atomic mass is 35.5. The van der Waals surface area contributed by atoms with Crippen LogP contribution in [-0.4, -0.2) is 45.5 Å². The number of hydrogen-bond acceptors (Lipinski definition) is 4.